The number of hydrogen-bond donors (Lipinski definition) is 0. The maximum atomic E-state index is 13.9. The van der Waals surface area contributed by atoms with Gasteiger partial charge in [0.15, 0.2) is 0 Å². The van der Waals surface area contributed by atoms with Gasteiger partial charge in [-0.1, -0.05) is 5.16 Å². The Morgan fingerprint density at radius 3 is 2.15 bits per heavy atom. The van der Waals surface area contributed by atoms with Gasteiger partial charge in [-0.25, -0.2) is 4.98 Å². The molecule has 6 heteroatoms. The van der Waals surface area contributed by atoms with Crippen molar-refractivity contribution in [2.24, 2.45) is 17.8 Å². The van der Waals surface area contributed by atoms with Gasteiger partial charge < -0.3 is 4.52 Å². The fourth-order valence-corrected chi connectivity index (χ4v) is 6.53. The molecule has 2 aromatic heterocycles. The quantitative estimate of drug-likeness (QED) is 0.699. The van der Waals surface area contributed by atoms with E-state index >= 15 is 0 Å². The summed E-state index contributed by atoms with van der Waals surface area (Å²) in [6, 6.07) is 1.35. The lowest BCUT2D eigenvalue weighted by Gasteiger charge is -2.56. The van der Waals surface area contributed by atoms with Gasteiger partial charge in [-0.2, -0.15) is 13.2 Å². The van der Waals surface area contributed by atoms with E-state index in [1.807, 2.05) is 0 Å². The summed E-state index contributed by atoms with van der Waals surface area (Å²) >= 11 is 0. The van der Waals surface area contributed by atoms with E-state index in [0.29, 0.717) is 29.1 Å². The topological polar surface area (TPSA) is 38.9 Å². The summed E-state index contributed by atoms with van der Waals surface area (Å²) in [5.41, 5.74) is 0.380. The molecule has 3 nitrogen and oxygen atoms in total. The van der Waals surface area contributed by atoms with Crippen molar-refractivity contribution in [1.82, 2.24) is 10.1 Å². The van der Waals surface area contributed by atoms with Crippen molar-refractivity contribution in [2.45, 2.75) is 68.9 Å². The van der Waals surface area contributed by atoms with Crippen LogP contribution in [0.1, 0.15) is 74.2 Å². The monoisotopic (exact) mass is 362 g/mol. The Balaban J connectivity index is 1.54. The predicted molar refractivity (Wildman–Crippen MR) is 88.6 cm³/mol. The van der Waals surface area contributed by atoms with E-state index in [1.54, 1.807) is 0 Å². The number of hydrogen-bond acceptors (Lipinski definition) is 3. The lowest BCUT2D eigenvalue weighted by Crippen LogP contribution is -2.49. The van der Waals surface area contributed by atoms with Crippen molar-refractivity contribution in [2.75, 3.05) is 0 Å². The highest BCUT2D eigenvalue weighted by Gasteiger charge is 2.53. The Morgan fingerprint density at radius 1 is 1.00 bits per heavy atom. The van der Waals surface area contributed by atoms with Crippen LogP contribution in [-0.2, 0) is 11.6 Å². The third-order valence-corrected chi connectivity index (χ3v) is 7.32. The summed E-state index contributed by atoms with van der Waals surface area (Å²) in [6.45, 7) is 0. The zero-order valence-corrected chi connectivity index (χ0v) is 14.5. The highest BCUT2D eigenvalue weighted by atomic mass is 19.4. The average molecular weight is 362 g/mol. The molecule has 5 fully saturated rings. The Morgan fingerprint density at radius 2 is 1.62 bits per heavy atom. The van der Waals surface area contributed by atoms with E-state index < -0.39 is 11.7 Å². The van der Waals surface area contributed by atoms with Crippen molar-refractivity contribution >= 4 is 11.1 Å². The fraction of sp³-hybridized carbons (Fsp3) is 0.700. The zero-order chi connectivity index (χ0) is 17.7. The van der Waals surface area contributed by atoms with Gasteiger partial charge in [0.1, 0.15) is 0 Å². The lowest BCUT2D eigenvalue weighted by atomic mass is 9.48. The zero-order valence-electron chi connectivity index (χ0n) is 14.5. The Hall–Kier alpha value is -1.59. The molecule has 0 radical (unpaired) electrons. The van der Waals surface area contributed by atoms with Gasteiger partial charge in [0.25, 0.3) is 5.71 Å². The number of nitrogens with zero attached hydrogens (tertiary/aromatic N) is 2. The number of rotatable bonds is 2. The van der Waals surface area contributed by atoms with Crippen LogP contribution in [0.15, 0.2) is 10.6 Å². The van der Waals surface area contributed by atoms with Crippen molar-refractivity contribution in [3.05, 3.63) is 23.0 Å². The first-order valence-electron chi connectivity index (χ1n) is 9.79. The number of halogens is 3. The van der Waals surface area contributed by atoms with Gasteiger partial charge >= 0.3 is 6.18 Å². The molecule has 5 aliphatic rings. The van der Waals surface area contributed by atoms with Gasteiger partial charge in [-0.05, 0) is 75.2 Å². The van der Waals surface area contributed by atoms with Crippen LogP contribution in [0.4, 0.5) is 13.2 Å². The van der Waals surface area contributed by atoms with Gasteiger partial charge in [-0.3, -0.25) is 0 Å². The van der Waals surface area contributed by atoms with Gasteiger partial charge in [0, 0.05) is 11.3 Å². The predicted octanol–water partition coefficient (Wildman–Crippen LogP) is 5.59. The second kappa shape index (κ2) is 4.82. The highest BCUT2D eigenvalue weighted by Crippen LogP contribution is 2.61. The van der Waals surface area contributed by atoms with Crippen LogP contribution in [0.25, 0.3) is 11.1 Å². The fourth-order valence-electron chi connectivity index (χ4n) is 6.53. The minimum Gasteiger partial charge on any atom is -0.336 e. The molecule has 0 saturated heterocycles. The van der Waals surface area contributed by atoms with Crippen LogP contribution in [-0.4, -0.2) is 10.1 Å². The lowest BCUT2D eigenvalue weighted by molar-refractivity contribution is -0.136. The summed E-state index contributed by atoms with van der Waals surface area (Å²) in [5, 5.41) is 4.09. The minimum absolute atomic E-state index is 0.0903. The molecule has 2 aromatic rings. The summed E-state index contributed by atoms with van der Waals surface area (Å²) in [4.78, 5) is 4.64. The van der Waals surface area contributed by atoms with E-state index in [0.717, 1.165) is 32.1 Å². The number of alkyl halides is 3. The maximum absolute atomic E-state index is 13.9. The highest BCUT2D eigenvalue weighted by molar-refractivity contribution is 5.82. The van der Waals surface area contributed by atoms with Crippen LogP contribution in [0.5, 0.6) is 0 Å². The number of aromatic nitrogens is 2. The second-order valence-electron chi connectivity index (χ2n) is 9.27. The Bertz CT molecular complexity index is 861. The molecule has 0 atom stereocenters. The third-order valence-electron chi connectivity index (χ3n) is 7.32. The SMILES string of the molecule is FC(F)(F)c1cc(C23CC4CC(CC(C4)C2)C3)nc2onc(C3CC3)c12. The third kappa shape index (κ3) is 2.13. The maximum Gasteiger partial charge on any atom is 0.417 e. The normalized spacial score (nSPS) is 36.2. The van der Waals surface area contributed by atoms with Crippen molar-refractivity contribution in [1.29, 1.82) is 0 Å². The molecule has 0 amide bonds. The first kappa shape index (κ1) is 15.5. The summed E-state index contributed by atoms with van der Waals surface area (Å²) in [6.07, 6.45) is 4.07. The van der Waals surface area contributed by atoms with Crippen molar-refractivity contribution < 1.29 is 17.7 Å². The van der Waals surface area contributed by atoms with E-state index in [4.69, 9.17) is 4.52 Å². The largest absolute Gasteiger partial charge is 0.417 e. The minimum atomic E-state index is -4.41. The summed E-state index contributed by atoms with van der Waals surface area (Å²) in [5.74, 6) is 2.07. The molecule has 138 valence electrons. The van der Waals surface area contributed by atoms with Crippen LogP contribution in [0.2, 0.25) is 0 Å². The number of pyridine rings is 1. The molecule has 4 bridgehead atoms. The van der Waals surface area contributed by atoms with E-state index in [9.17, 15) is 13.2 Å². The van der Waals surface area contributed by atoms with Gasteiger partial charge in [-0.15, -0.1) is 0 Å². The van der Waals surface area contributed by atoms with Gasteiger partial charge in [0.05, 0.1) is 22.3 Å². The molecular formula is C20H21F3N2O. The van der Waals surface area contributed by atoms with E-state index in [-0.39, 0.29) is 22.4 Å². The molecule has 0 aromatic carbocycles. The van der Waals surface area contributed by atoms with Gasteiger partial charge in [0.2, 0.25) is 0 Å². The summed E-state index contributed by atoms with van der Waals surface area (Å²) in [7, 11) is 0. The molecule has 0 spiro atoms. The standard InChI is InChI=1S/C20H21F3N2O/c21-20(22,23)14-6-15(24-18-16(14)17(25-26-18)13-1-2-13)19-7-10-3-11(8-19)5-12(4-10)9-19/h6,10-13H,1-5,7-9H2. The molecule has 0 aliphatic heterocycles. The molecule has 7 rings (SSSR count). The van der Waals surface area contributed by atoms with E-state index in [2.05, 4.69) is 10.1 Å². The van der Waals surface area contributed by atoms with Crippen molar-refractivity contribution in [3.63, 3.8) is 0 Å². The van der Waals surface area contributed by atoms with Crippen LogP contribution >= 0.6 is 0 Å². The first-order chi connectivity index (χ1) is 12.4. The first-order valence-corrected chi connectivity index (χ1v) is 9.79. The second-order valence-corrected chi connectivity index (χ2v) is 9.27. The van der Waals surface area contributed by atoms with Crippen LogP contribution in [0, 0.1) is 17.8 Å². The molecular weight excluding hydrogens is 341 g/mol. The van der Waals surface area contributed by atoms with Crippen molar-refractivity contribution in [3.8, 4) is 0 Å². The number of fused-ring (bicyclic) bond motifs is 1. The molecule has 5 aliphatic carbocycles. The molecule has 26 heavy (non-hydrogen) atoms. The van der Waals surface area contributed by atoms with Crippen LogP contribution < -0.4 is 0 Å². The average Bonchev–Trinajstić information content (AvgIpc) is 3.31. The molecule has 0 unspecified atom stereocenters. The Labute approximate surface area is 149 Å². The smallest absolute Gasteiger partial charge is 0.336 e. The van der Waals surface area contributed by atoms with Crippen LogP contribution in [0.3, 0.4) is 0 Å². The van der Waals surface area contributed by atoms with E-state index in [1.165, 1.54) is 25.3 Å². The summed E-state index contributed by atoms with van der Waals surface area (Å²) < 4.78 is 47.1. The molecule has 5 saturated carbocycles. The molecule has 0 N–H and O–H groups in total. The Kier molecular flexibility index (Phi) is 2.86. The molecule has 2 heterocycles.